The Kier molecular flexibility index (Phi) is 5.35. The summed E-state index contributed by atoms with van der Waals surface area (Å²) in [5.41, 5.74) is 1.39. The molecule has 0 saturated heterocycles. The van der Waals surface area contributed by atoms with Gasteiger partial charge in [-0.2, -0.15) is 0 Å². The summed E-state index contributed by atoms with van der Waals surface area (Å²) in [5, 5.41) is 4.29. The third-order valence-electron chi connectivity index (χ3n) is 3.10. The van der Waals surface area contributed by atoms with Crippen molar-refractivity contribution < 1.29 is 4.39 Å². The number of aromatic nitrogens is 1. The number of rotatable bonds is 5. The quantitative estimate of drug-likeness (QED) is 0.884. The van der Waals surface area contributed by atoms with Crippen LogP contribution in [0.5, 0.6) is 0 Å². The molecule has 1 atom stereocenters. The van der Waals surface area contributed by atoms with Gasteiger partial charge in [-0.3, -0.25) is 4.98 Å². The maximum Gasteiger partial charge on any atom is 0.127 e. The zero-order valence-corrected chi connectivity index (χ0v) is 12.5. The van der Waals surface area contributed by atoms with Crippen LogP contribution in [0.2, 0.25) is 10.0 Å². The van der Waals surface area contributed by atoms with Crippen LogP contribution in [0.25, 0.3) is 0 Å². The highest BCUT2D eigenvalue weighted by Crippen LogP contribution is 2.28. The van der Waals surface area contributed by atoms with Crippen molar-refractivity contribution in [3.05, 3.63) is 63.6 Å². The van der Waals surface area contributed by atoms with Gasteiger partial charge in [-0.05, 0) is 36.7 Å². The molecule has 0 radical (unpaired) electrons. The van der Waals surface area contributed by atoms with Crippen LogP contribution in [0.3, 0.4) is 0 Å². The fourth-order valence-corrected chi connectivity index (χ4v) is 2.63. The van der Waals surface area contributed by atoms with Crippen LogP contribution >= 0.6 is 23.2 Å². The van der Waals surface area contributed by atoms with E-state index in [9.17, 15) is 4.39 Å². The van der Waals surface area contributed by atoms with Crippen LogP contribution in [-0.2, 0) is 6.42 Å². The van der Waals surface area contributed by atoms with Gasteiger partial charge in [0.1, 0.15) is 5.82 Å². The second-order valence-corrected chi connectivity index (χ2v) is 5.23. The Bertz CT molecular complexity index is 570. The Labute approximate surface area is 127 Å². The lowest BCUT2D eigenvalue weighted by molar-refractivity contribution is 0.528. The number of benzene rings is 1. The molecule has 0 bridgehead atoms. The van der Waals surface area contributed by atoms with E-state index in [-0.39, 0.29) is 11.9 Å². The highest BCUT2D eigenvalue weighted by atomic mass is 35.5. The first-order chi connectivity index (χ1) is 9.63. The summed E-state index contributed by atoms with van der Waals surface area (Å²) >= 11 is 12.3. The highest BCUT2D eigenvalue weighted by molar-refractivity contribution is 6.31. The van der Waals surface area contributed by atoms with E-state index in [0.717, 1.165) is 12.1 Å². The molecule has 20 heavy (non-hydrogen) atoms. The predicted octanol–water partition coefficient (Wildman–Crippen LogP) is 4.42. The molecule has 0 amide bonds. The fraction of sp³-hybridized carbons (Fsp3) is 0.267. The second-order valence-electron chi connectivity index (χ2n) is 4.41. The molecule has 0 fully saturated rings. The number of pyridine rings is 1. The van der Waals surface area contributed by atoms with Crippen molar-refractivity contribution in [2.75, 3.05) is 6.54 Å². The first-order valence-electron chi connectivity index (χ1n) is 6.39. The molecule has 0 aliphatic rings. The van der Waals surface area contributed by atoms with Crippen LogP contribution in [0.15, 0.2) is 36.7 Å². The first kappa shape index (κ1) is 15.2. The van der Waals surface area contributed by atoms with Gasteiger partial charge in [0.2, 0.25) is 0 Å². The average molecular weight is 313 g/mol. The summed E-state index contributed by atoms with van der Waals surface area (Å²) in [6, 6.07) is 6.44. The van der Waals surface area contributed by atoms with Crippen molar-refractivity contribution in [3.63, 3.8) is 0 Å². The minimum Gasteiger partial charge on any atom is -0.310 e. The summed E-state index contributed by atoms with van der Waals surface area (Å²) in [6.45, 7) is 2.74. The lowest BCUT2D eigenvalue weighted by Crippen LogP contribution is -2.24. The van der Waals surface area contributed by atoms with Crippen molar-refractivity contribution >= 4 is 23.2 Å². The van der Waals surface area contributed by atoms with Crippen LogP contribution in [0.4, 0.5) is 4.39 Å². The molecule has 2 rings (SSSR count). The molecule has 2 nitrogen and oxygen atoms in total. The fourth-order valence-electron chi connectivity index (χ4n) is 2.14. The van der Waals surface area contributed by atoms with E-state index in [0.29, 0.717) is 22.0 Å². The SMILES string of the molecule is CCNC(Cc1c(F)cccc1Cl)c1ccncc1Cl. The predicted molar refractivity (Wildman–Crippen MR) is 80.8 cm³/mol. The Balaban J connectivity index is 2.33. The Morgan fingerprint density at radius 3 is 2.70 bits per heavy atom. The molecule has 1 unspecified atom stereocenters. The van der Waals surface area contributed by atoms with Crippen molar-refractivity contribution in [2.24, 2.45) is 0 Å². The molecule has 2 aromatic rings. The smallest absolute Gasteiger partial charge is 0.127 e. The largest absolute Gasteiger partial charge is 0.310 e. The van der Waals surface area contributed by atoms with E-state index < -0.39 is 0 Å². The van der Waals surface area contributed by atoms with Gasteiger partial charge in [0, 0.05) is 29.0 Å². The minimum absolute atomic E-state index is 0.107. The van der Waals surface area contributed by atoms with Gasteiger partial charge in [0.05, 0.1) is 5.02 Å². The van der Waals surface area contributed by atoms with Crippen molar-refractivity contribution in [1.82, 2.24) is 10.3 Å². The van der Waals surface area contributed by atoms with E-state index in [1.807, 2.05) is 13.0 Å². The third kappa shape index (κ3) is 3.48. The molecule has 106 valence electrons. The van der Waals surface area contributed by atoms with E-state index in [1.165, 1.54) is 6.07 Å². The van der Waals surface area contributed by atoms with E-state index in [4.69, 9.17) is 23.2 Å². The monoisotopic (exact) mass is 312 g/mol. The average Bonchev–Trinajstić information content (AvgIpc) is 2.43. The maximum absolute atomic E-state index is 13.9. The Morgan fingerprint density at radius 1 is 1.25 bits per heavy atom. The zero-order chi connectivity index (χ0) is 14.5. The van der Waals surface area contributed by atoms with Gasteiger partial charge in [-0.1, -0.05) is 36.2 Å². The summed E-state index contributed by atoms with van der Waals surface area (Å²) in [5.74, 6) is -0.300. The molecule has 1 aromatic carbocycles. The molecule has 5 heteroatoms. The summed E-state index contributed by atoms with van der Waals surface area (Å²) in [6.07, 6.45) is 3.70. The van der Waals surface area contributed by atoms with Crippen molar-refractivity contribution in [3.8, 4) is 0 Å². The number of nitrogens with zero attached hydrogens (tertiary/aromatic N) is 1. The van der Waals surface area contributed by atoms with Gasteiger partial charge < -0.3 is 5.32 Å². The molecular weight excluding hydrogens is 298 g/mol. The van der Waals surface area contributed by atoms with Gasteiger partial charge in [-0.15, -0.1) is 0 Å². The Morgan fingerprint density at radius 2 is 2.05 bits per heavy atom. The standard InChI is InChI=1S/C15H15Cl2FN2/c1-2-20-15(10-6-7-19-9-13(10)17)8-11-12(16)4-3-5-14(11)18/h3-7,9,15,20H,2,8H2,1H3. The van der Waals surface area contributed by atoms with E-state index >= 15 is 0 Å². The summed E-state index contributed by atoms with van der Waals surface area (Å²) < 4.78 is 13.9. The number of likely N-dealkylation sites (N-methyl/N-ethyl adjacent to an activating group) is 1. The third-order valence-corrected chi connectivity index (χ3v) is 3.77. The molecule has 0 aliphatic carbocycles. The van der Waals surface area contributed by atoms with Gasteiger partial charge >= 0.3 is 0 Å². The maximum atomic E-state index is 13.9. The van der Waals surface area contributed by atoms with Crippen LogP contribution in [0.1, 0.15) is 24.1 Å². The number of hydrogen-bond acceptors (Lipinski definition) is 2. The highest BCUT2D eigenvalue weighted by Gasteiger charge is 2.18. The van der Waals surface area contributed by atoms with Crippen LogP contribution < -0.4 is 5.32 Å². The van der Waals surface area contributed by atoms with Gasteiger partial charge in [0.15, 0.2) is 0 Å². The van der Waals surface area contributed by atoms with Gasteiger partial charge in [-0.25, -0.2) is 4.39 Å². The van der Waals surface area contributed by atoms with Crippen LogP contribution in [0, 0.1) is 5.82 Å². The Hall–Kier alpha value is -1.16. The molecule has 1 aromatic heterocycles. The number of hydrogen-bond donors (Lipinski definition) is 1. The zero-order valence-electron chi connectivity index (χ0n) is 11.0. The summed E-state index contributed by atoms with van der Waals surface area (Å²) in [7, 11) is 0. The molecule has 1 heterocycles. The van der Waals surface area contributed by atoms with Crippen molar-refractivity contribution in [2.45, 2.75) is 19.4 Å². The second kappa shape index (κ2) is 7.02. The normalized spacial score (nSPS) is 12.4. The topological polar surface area (TPSA) is 24.9 Å². The lowest BCUT2D eigenvalue weighted by Gasteiger charge is -2.20. The lowest BCUT2D eigenvalue weighted by atomic mass is 9.99. The van der Waals surface area contributed by atoms with Crippen molar-refractivity contribution in [1.29, 1.82) is 0 Å². The molecule has 0 spiro atoms. The molecular formula is C15H15Cl2FN2. The summed E-state index contributed by atoms with van der Waals surface area (Å²) in [4.78, 5) is 3.97. The molecule has 1 N–H and O–H groups in total. The van der Waals surface area contributed by atoms with E-state index in [1.54, 1.807) is 24.5 Å². The number of halogens is 3. The van der Waals surface area contributed by atoms with Gasteiger partial charge in [0.25, 0.3) is 0 Å². The minimum atomic E-state index is -0.300. The van der Waals surface area contributed by atoms with Crippen LogP contribution in [-0.4, -0.2) is 11.5 Å². The first-order valence-corrected chi connectivity index (χ1v) is 7.14. The molecule has 0 saturated carbocycles. The number of nitrogens with one attached hydrogen (secondary N) is 1. The van der Waals surface area contributed by atoms with E-state index in [2.05, 4.69) is 10.3 Å². The molecule has 0 aliphatic heterocycles.